The second kappa shape index (κ2) is 7.54. The average molecular weight is 346 g/mol. The zero-order valence-electron chi connectivity index (χ0n) is 14.9. The first-order chi connectivity index (χ1) is 12.0. The van der Waals surface area contributed by atoms with Gasteiger partial charge in [-0.2, -0.15) is 0 Å². The molecule has 1 aromatic carbocycles. The Bertz CT molecular complexity index is 638. The van der Waals surface area contributed by atoms with Gasteiger partial charge in [0.15, 0.2) is 0 Å². The van der Waals surface area contributed by atoms with E-state index in [0.29, 0.717) is 19.3 Å². The molecule has 3 rings (SSSR count). The lowest BCUT2D eigenvalue weighted by molar-refractivity contribution is -0.142. The molecule has 4 nitrogen and oxygen atoms in total. The van der Waals surface area contributed by atoms with Gasteiger partial charge in [-0.15, -0.1) is 0 Å². The summed E-state index contributed by atoms with van der Waals surface area (Å²) in [7, 11) is 0. The minimum absolute atomic E-state index is 0.0170. The van der Waals surface area contributed by atoms with Crippen LogP contribution in [0.4, 0.5) is 4.39 Å². The van der Waals surface area contributed by atoms with E-state index in [1.54, 1.807) is 11.1 Å². The number of nitrogens with one attached hydrogen (secondary N) is 1. The summed E-state index contributed by atoms with van der Waals surface area (Å²) in [5, 5.41) is 1.64. The van der Waals surface area contributed by atoms with Crippen LogP contribution in [-0.2, 0) is 16.0 Å². The van der Waals surface area contributed by atoms with Crippen LogP contribution in [0.1, 0.15) is 63.9 Å². The van der Waals surface area contributed by atoms with Crippen molar-refractivity contribution in [3.05, 3.63) is 35.6 Å². The van der Waals surface area contributed by atoms with E-state index in [9.17, 15) is 14.0 Å². The summed E-state index contributed by atoms with van der Waals surface area (Å²) in [5.41, 5.74) is 3.37. The normalized spacial score (nSPS) is 21.0. The third-order valence-electron chi connectivity index (χ3n) is 5.48. The second-order valence-electron chi connectivity index (χ2n) is 7.72. The van der Waals surface area contributed by atoms with Gasteiger partial charge in [0.05, 0.1) is 12.0 Å². The van der Waals surface area contributed by atoms with E-state index in [-0.39, 0.29) is 29.1 Å². The largest absolute Gasteiger partial charge is 0.273 e. The van der Waals surface area contributed by atoms with Crippen LogP contribution in [0.25, 0.3) is 0 Å². The maximum absolute atomic E-state index is 13.3. The predicted octanol–water partition coefficient (Wildman–Crippen LogP) is 3.75. The number of rotatable bonds is 4. The quantitative estimate of drug-likeness (QED) is 0.903. The second-order valence-corrected chi connectivity index (χ2v) is 7.72. The molecule has 0 aromatic heterocycles. The van der Waals surface area contributed by atoms with Crippen molar-refractivity contribution in [3.8, 4) is 0 Å². The van der Waals surface area contributed by atoms with Crippen molar-refractivity contribution in [2.24, 2.45) is 5.92 Å². The lowest BCUT2D eigenvalue weighted by Gasteiger charge is -2.36. The zero-order valence-corrected chi connectivity index (χ0v) is 14.9. The molecule has 2 fully saturated rings. The topological polar surface area (TPSA) is 49.4 Å². The Morgan fingerprint density at radius 1 is 1.28 bits per heavy atom. The highest BCUT2D eigenvalue weighted by atomic mass is 19.1. The molecule has 1 N–H and O–H groups in total. The minimum atomic E-state index is -0.330. The van der Waals surface area contributed by atoms with Gasteiger partial charge in [0.2, 0.25) is 11.8 Å². The molecule has 1 aliphatic carbocycles. The Labute approximate surface area is 148 Å². The van der Waals surface area contributed by atoms with Gasteiger partial charge in [-0.05, 0) is 42.9 Å². The van der Waals surface area contributed by atoms with Crippen LogP contribution in [0.3, 0.4) is 0 Å². The average Bonchev–Trinajstić information content (AvgIpc) is 2.71. The number of hydrogen-bond acceptors (Lipinski definition) is 2. The first kappa shape index (κ1) is 17.9. The number of nitrogens with zero attached hydrogens (tertiary/aromatic N) is 1. The molecule has 1 unspecified atom stereocenters. The summed E-state index contributed by atoms with van der Waals surface area (Å²) in [6.07, 6.45) is 7.72. The molecule has 136 valence electrons. The summed E-state index contributed by atoms with van der Waals surface area (Å²) in [6.45, 7) is 2.00. The Morgan fingerprint density at radius 2 is 2.00 bits per heavy atom. The monoisotopic (exact) mass is 346 g/mol. The predicted molar refractivity (Wildman–Crippen MR) is 93.9 cm³/mol. The molecular weight excluding hydrogens is 319 g/mol. The van der Waals surface area contributed by atoms with Gasteiger partial charge in [0.25, 0.3) is 0 Å². The summed E-state index contributed by atoms with van der Waals surface area (Å²) in [4.78, 5) is 24.9. The molecule has 2 aliphatic rings. The van der Waals surface area contributed by atoms with E-state index in [1.807, 2.05) is 13.0 Å². The van der Waals surface area contributed by atoms with E-state index in [0.717, 1.165) is 31.2 Å². The van der Waals surface area contributed by atoms with E-state index >= 15 is 0 Å². The Hall–Kier alpha value is -1.91. The van der Waals surface area contributed by atoms with Crippen LogP contribution >= 0.6 is 0 Å². The fourth-order valence-electron chi connectivity index (χ4n) is 4.30. The maximum Gasteiger partial charge on any atom is 0.241 e. The Morgan fingerprint density at radius 3 is 2.68 bits per heavy atom. The molecule has 1 heterocycles. The molecule has 25 heavy (non-hydrogen) atoms. The number of benzene rings is 1. The van der Waals surface area contributed by atoms with Crippen molar-refractivity contribution >= 4 is 11.8 Å². The Balaban J connectivity index is 1.65. The summed E-state index contributed by atoms with van der Waals surface area (Å²) < 4.78 is 13.3. The highest BCUT2D eigenvalue weighted by molar-refractivity contribution is 5.87. The molecule has 1 saturated carbocycles. The van der Waals surface area contributed by atoms with Crippen LogP contribution in [0, 0.1) is 11.7 Å². The molecule has 1 spiro atoms. The van der Waals surface area contributed by atoms with Gasteiger partial charge in [0, 0.05) is 6.42 Å². The van der Waals surface area contributed by atoms with Crippen molar-refractivity contribution in [1.82, 2.24) is 10.4 Å². The molecule has 1 aliphatic heterocycles. The van der Waals surface area contributed by atoms with Crippen molar-refractivity contribution in [1.29, 1.82) is 0 Å². The van der Waals surface area contributed by atoms with Crippen LogP contribution in [-0.4, -0.2) is 22.4 Å². The first-order valence-corrected chi connectivity index (χ1v) is 9.35. The lowest BCUT2D eigenvalue weighted by atomic mass is 9.86. The third-order valence-corrected chi connectivity index (χ3v) is 5.48. The van der Waals surface area contributed by atoms with E-state index in [1.165, 1.54) is 25.0 Å². The van der Waals surface area contributed by atoms with E-state index in [2.05, 4.69) is 5.43 Å². The lowest BCUT2D eigenvalue weighted by Crippen LogP contribution is -2.52. The molecule has 2 amide bonds. The van der Waals surface area contributed by atoms with Crippen molar-refractivity contribution in [3.63, 3.8) is 0 Å². The van der Waals surface area contributed by atoms with Crippen LogP contribution in [0.2, 0.25) is 0 Å². The maximum atomic E-state index is 13.3. The number of amides is 2. The summed E-state index contributed by atoms with van der Waals surface area (Å²) in [6, 6.07) is 6.52. The molecule has 0 bridgehead atoms. The highest BCUT2D eigenvalue weighted by Gasteiger charge is 2.47. The highest BCUT2D eigenvalue weighted by Crippen LogP contribution is 2.38. The van der Waals surface area contributed by atoms with Crippen LogP contribution < -0.4 is 5.43 Å². The molecular formula is C20H27FN2O2. The van der Waals surface area contributed by atoms with Gasteiger partial charge in [-0.1, -0.05) is 44.7 Å². The SMILES string of the molecule is CC(CC(=O)N1NC(=O)CC12CCCCCC2)Cc1cccc(F)c1. The number of hydrogen-bond donors (Lipinski definition) is 1. The van der Waals surface area contributed by atoms with Gasteiger partial charge in [-0.3, -0.25) is 15.0 Å². The van der Waals surface area contributed by atoms with E-state index in [4.69, 9.17) is 0 Å². The summed E-state index contributed by atoms with van der Waals surface area (Å²) >= 11 is 0. The van der Waals surface area contributed by atoms with Gasteiger partial charge >= 0.3 is 0 Å². The van der Waals surface area contributed by atoms with E-state index < -0.39 is 0 Å². The first-order valence-electron chi connectivity index (χ1n) is 9.35. The van der Waals surface area contributed by atoms with Gasteiger partial charge in [-0.25, -0.2) is 9.40 Å². The third kappa shape index (κ3) is 4.20. The molecule has 0 radical (unpaired) electrons. The Kier molecular flexibility index (Phi) is 5.40. The van der Waals surface area contributed by atoms with Crippen molar-refractivity contribution < 1.29 is 14.0 Å². The van der Waals surface area contributed by atoms with Crippen LogP contribution in [0.5, 0.6) is 0 Å². The number of carbonyl (C=O) groups is 2. The van der Waals surface area contributed by atoms with Crippen molar-refractivity contribution in [2.45, 2.75) is 70.3 Å². The summed E-state index contributed by atoms with van der Waals surface area (Å²) in [5.74, 6) is -0.223. The smallest absolute Gasteiger partial charge is 0.241 e. The molecule has 5 heteroatoms. The molecule has 1 atom stereocenters. The van der Waals surface area contributed by atoms with Gasteiger partial charge in [0.1, 0.15) is 5.82 Å². The zero-order chi connectivity index (χ0) is 17.9. The number of halogens is 1. The van der Waals surface area contributed by atoms with Crippen molar-refractivity contribution in [2.75, 3.05) is 0 Å². The molecule has 1 saturated heterocycles. The van der Waals surface area contributed by atoms with Gasteiger partial charge < -0.3 is 0 Å². The number of hydrazine groups is 1. The molecule has 1 aromatic rings. The van der Waals surface area contributed by atoms with Crippen LogP contribution in [0.15, 0.2) is 24.3 Å². The minimum Gasteiger partial charge on any atom is -0.273 e. The standard InChI is InChI=1S/C20H27FN2O2/c1-15(11-16-7-6-8-17(21)13-16)12-19(25)23-20(14-18(24)22-23)9-4-2-3-5-10-20/h6-8,13,15H,2-5,9-12,14H2,1H3,(H,22,24). The fourth-order valence-corrected chi connectivity index (χ4v) is 4.30. The number of carbonyl (C=O) groups excluding carboxylic acids is 2. The fraction of sp³-hybridized carbons (Fsp3) is 0.600.